The van der Waals surface area contributed by atoms with Gasteiger partial charge in [-0.05, 0) is 65.9 Å². The highest BCUT2D eigenvalue weighted by molar-refractivity contribution is 14.1. The average Bonchev–Trinajstić information content (AvgIpc) is 2.79. The number of nitrogens with one attached hydrogen (secondary N) is 1. The summed E-state index contributed by atoms with van der Waals surface area (Å²) in [6.07, 6.45) is 1.12. The number of thiophene rings is 1. The summed E-state index contributed by atoms with van der Waals surface area (Å²) >= 11 is 4.26. The maximum Gasteiger partial charge on any atom is 0.0669 e. The molecule has 3 heteroatoms. The lowest BCUT2D eigenvalue weighted by molar-refractivity contribution is 0.703. The van der Waals surface area contributed by atoms with E-state index in [1.54, 1.807) is 0 Å². The van der Waals surface area contributed by atoms with E-state index in [0.717, 1.165) is 6.42 Å². The van der Waals surface area contributed by atoms with Crippen LogP contribution >= 0.6 is 33.9 Å². The largest absolute Gasteiger partial charge is 0.309 e. The second kappa shape index (κ2) is 5.98. The Kier molecular flexibility index (Phi) is 4.59. The normalized spacial score (nSPS) is 12.6. The van der Waals surface area contributed by atoms with Crippen LogP contribution in [0.2, 0.25) is 0 Å². The van der Waals surface area contributed by atoms with Crippen molar-refractivity contribution in [2.75, 3.05) is 7.05 Å². The van der Waals surface area contributed by atoms with Gasteiger partial charge in [-0.1, -0.05) is 19.1 Å². The number of rotatable bonds is 4. The molecule has 0 radical (unpaired) electrons. The van der Waals surface area contributed by atoms with Crippen molar-refractivity contribution in [3.63, 3.8) is 0 Å². The van der Waals surface area contributed by atoms with Crippen molar-refractivity contribution in [1.82, 2.24) is 5.32 Å². The first-order valence-corrected chi connectivity index (χ1v) is 7.65. The highest BCUT2D eigenvalue weighted by Crippen LogP contribution is 2.29. The highest BCUT2D eigenvalue weighted by Gasteiger charge is 2.14. The van der Waals surface area contributed by atoms with Gasteiger partial charge in [0.05, 0.1) is 6.04 Å². The summed E-state index contributed by atoms with van der Waals surface area (Å²) in [6, 6.07) is 13.5. The molecule has 2 aromatic rings. The summed E-state index contributed by atoms with van der Waals surface area (Å²) < 4.78 is 1.28. The molecule has 0 aliphatic heterocycles. The lowest BCUT2D eigenvalue weighted by atomic mass is 10.1. The van der Waals surface area contributed by atoms with Crippen LogP contribution < -0.4 is 5.32 Å². The topological polar surface area (TPSA) is 12.0 Å². The van der Waals surface area contributed by atoms with E-state index >= 15 is 0 Å². The van der Waals surface area contributed by atoms with Gasteiger partial charge in [0.1, 0.15) is 0 Å². The molecule has 1 aromatic heterocycles. The van der Waals surface area contributed by atoms with Crippen LogP contribution in [-0.4, -0.2) is 7.05 Å². The summed E-state index contributed by atoms with van der Waals surface area (Å²) in [5.74, 6) is 0. The third kappa shape index (κ3) is 3.09. The molecule has 0 bridgehead atoms. The maximum atomic E-state index is 3.41. The van der Waals surface area contributed by atoms with Crippen LogP contribution in [0, 0.1) is 3.57 Å². The SMILES string of the molecule is CCc1ccc(C(NC)c2cccc(I)c2)s1. The third-order valence-electron chi connectivity index (χ3n) is 2.79. The van der Waals surface area contributed by atoms with E-state index < -0.39 is 0 Å². The second-order valence-corrected chi connectivity index (χ2v) is 6.38. The molecule has 0 aliphatic carbocycles. The zero-order chi connectivity index (χ0) is 12.3. The molecule has 1 heterocycles. The fourth-order valence-electron chi connectivity index (χ4n) is 1.90. The quantitative estimate of drug-likeness (QED) is 0.808. The van der Waals surface area contributed by atoms with Crippen LogP contribution in [0.1, 0.15) is 28.3 Å². The smallest absolute Gasteiger partial charge is 0.0669 e. The van der Waals surface area contributed by atoms with Gasteiger partial charge in [-0.15, -0.1) is 11.3 Å². The van der Waals surface area contributed by atoms with Crippen LogP contribution in [0.15, 0.2) is 36.4 Å². The Morgan fingerprint density at radius 1 is 1.29 bits per heavy atom. The molecule has 17 heavy (non-hydrogen) atoms. The Morgan fingerprint density at radius 3 is 2.71 bits per heavy atom. The van der Waals surface area contributed by atoms with Crippen LogP contribution in [0.25, 0.3) is 0 Å². The molecule has 1 atom stereocenters. The van der Waals surface area contributed by atoms with Gasteiger partial charge in [-0.25, -0.2) is 0 Å². The predicted octanol–water partition coefficient (Wildman–Crippen LogP) is 4.22. The summed E-state index contributed by atoms with van der Waals surface area (Å²) in [4.78, 5) is 2.84. The Bertz CT molecular complexity index is 492. The third-order valence-corrected chi connectivity index (χ3v) is 4.75. The molecule has 0 aliphatic rings. The van der Waals surface area contributed by atoms with Crippen molar-refractivity contribution < 1.29 is 0 Å². The van der Waals surface area contributed by atoms with Gasteiger partial charge in [-0.3, -0.25) is 0 Å². The molecule has 1 nitrogen and oxygen atoms in total. The maximum absolute atomic E-state index is 3.41. The standard InChI is InChI=1S/C14H16INS/c1-3-12-7-8-13(17-12)14(16-2)10-5-4-6-11(15)9-10/h4-9,14,16H,3H2,1-2H3. The van der Waals surface area contributed by atoms with Crippen LogP contribution in [-0.2, 0) is 6.42 Å². The van der Waals surface area contributed by atoms with E-state index in [-0.39, 0.29) is 0 Å². The van der Waals surface area contributed by atoms with Gasteiger partial charge in [0, 0.05) is 13.3 Å². The predicted molar refractivity (Wildman–Crippen MR) is 83.8 cm³/mol. The average molecular weight is 357 g/mol. The summed E-state index contributed by atoms with van der Waals surface area (Å²) in [7, 11) is 2.02. The lowest BCUT2D eigenvalue weighted by Gasteiger charge is -2.15. The molecule has 0 saturated heterocycles. The van der Waals surface area contributed by atoms with Gasteiger partial charge < -0.3 is 5.32 Å². The summed E-state index contributed by atoms with van der Waals surface area (Å²) in [6.45, 7) is 2.20. The van der Waals surface area contributed by atoms with Crippen molar-refractivity contribution in [2.45, 2.75) is 19.4 Å². The number of halogens is 1. The number of aryl methyl sites for hydroxylation is 1. The van der Waals surface area contributed by atoms with E-state index in [0.29, 0.717) is 6.04 Å². The van der Waals surface area contributed by atoms with Gasteiger partial charge in [0.2, 0.25) is 0 Å². The first-order valence-electron chi connectivity index (χ1n) is 5.76. The van der Waals surface area contributed by atoms with Gasteiger partial charge >= 0.3 is 0 Å². The van der Waals surface area contributed by atoms with E-state index in [1.165, 1.54) is 18.9 Å². The monoisotopic (exact) mass is 357 g/mol. The molecule has 0 amide bonds. The van der Waals surface area contributed by atoms with Crippen molar-refractivity contribution in [3.8, 4) is 0 Å². The van der Waals surface area contributed by atoms with E-state index in [9.17, 15) is 0 Å². The van der Waals surface area contributed by atoms with Crippen LogP contribution in [0.3, 0.4) is 0 Å². The molecule has 0 spiro atoms. The minimum Gasteiger partial charge on any atom is -0.309 e. The van der Waals surface area contributed by atoms with Gasteiger partial charge in [-0.2, -0.15) is 0 Å². The Morgan fingerprint density at radius 2 is 2.12 bits per heavy atom. The molecule has 2 rings (SSSR count). The zero-order valence-electron chi connectivity index (χ0n) is 10.0. The molecular formula is C14H16INS. The van der Waals surface area contributed by atoms with Crippen LogP contribution in [0.4, 0.5) is 0 Å². The van der Waals surface area contributed by atoms with E-state index in [1.807, 2.05) is 18.4 Å². The highest BCUT2D eigenvalue weighted by atomic mass is 127. The van der Waals surface area contributed by atoms with Crippen molar-refractivity contribution in [1.29, 1.82) is 0 Å². The molecule has 1 N–H and O–H groups in total. The van der Waals surface area contributed by atoms with Crippen molar-refractivity contribution in [2.24, 2.45) is 0 Å². The second-order valence-electron chi connectivity index (χ2n) is 3.93. The van der Waals surface area contributed by atoms with Gasteiger partial charge in [0.15, 0.2) is 0 Å². The molecular weight excluding hydrogens is 341 g/mol. The first-order chi connectivity index (χ1) is 8.24. The Labute approximate surface area is 120 Å². The van der Waals surface area contributed by atoms with E-state index in [4.69, 9.17) is 0 Å². The number of hydrogen-bond acceptors (Lipinski definition) is 2. The van der Waals surface area contributed by atoms with Crippen LogP contribution in [0.5, 0.6) is 0 Å². The number of hydrogen-bond donors (Lipinski definition) is 1. The Hall–Kier alpha value is -0.390. The first kappa shape index (κ1) is 13.1. The molecule has 0 saturated carbocycles. The molecule has 1 aromatic carbocycles. The fraction of sp³-hybridized carbons (Fsp3) is 0.286. The lowest BCUT2D eigenvalue weighted by Crippen LogP contribution is -2.16. The minimum absolute atomic E-state index is 0.315. The van der Waals surface area contributed by atoms with E-state index in [2.05, 4.69) is 71.2 Å². The minimum atomic E-state index is 0.315. The summed E-state index contributed by atoms with van der Waals surface area (Å²) in [5.41, 5.74) is 1.34. The molecule has 1 unspecified atom stereocenters. The van der Waals surface area contributed by atoms with Gasteiger partial charge in [0.25, 0.3) is 0 Å². The summed E-state index contributed by atoms with van der Waals surface area (Å²) in [5, 5.41) is 3.41. The number of benzene rings is 1. The molecule has 90 valence electrons. The Balaban J connectivity index is 2.33. The molecule has 0 fully saturated rings. The van der Waals surface area contributed by atoms with Crippen molar-refractivity contribution >= 4 is 33.9 Å². The zero-order valence-corrected chi connectivity index (χ0v) is 13.0. The fourth-order valence-corrected chi connectivity index (χ4v) is 3.56. The van der Waals surface area contributed by atoms with Crippen molar-refractivity contribution in [3.05, 3.63) is 55.3 Å².